The molecule has 0 spiro atoms. The summed E-state index contributed by atoms with van der Waals surface area (Å²) in [5.74, 6) is 3.49. The number of nitrogen functional groups attached to an aromatic ring is 1. The largest absolute Gasteiger partial charge is 0.451 e. The Morgan fingerprint density at radius 2 is 2.00 bits per heavy atom. The van der Waals surface area contributed by atoms with Gasteiger partial charge in [0, 0.05) is 11.8 Å². The Hall–Kier alpha value is -2.42. The Morgan fingerprint density at radius 1 is 1.25 bits per heavy atom. The van der Waals surface area contributed by atoms with E-state index in [9.17, 15) is 13.2 Å². The van der Waals surface area contributed by atoms with Crippen LogP contribution in [0.4, 0.5) is 19.0 Å². The van der Waals surface area contributed by atoms with Gasteiger partial charge in [0.15, 0.2) is 0 Å². The molecule has 0 unspecified atom stereocenters. The quantitative estimate of drug-likeness (QED) is 0.664. The molecule has 2 heterocycles. The molecule has 106 valence electrons. The molecular weight excluding hydrogens is 275 g/mol. The van der Waals surface area contributed by atoms with Gasteiger partial charge in [-0.25, -0.2) is 10.8 Å². The van der Waals surface area contributed by atoms with E-state index in [1.807, 2.05) is 5.43 Å². The molecule has 3 N–H and O–H groups in total. The first-order chi connectivity index (χ1) is 9.38. The van der Waals surface area contributed by atoms with Crippen LogP contribution in [0, 0.1) is 6.92 Å². The molecule has 0 aliphatic carbocycles. The van der Waals surface area contributed by atoms with Crippen molar-refractivity contribution < 1.29 is 17.9 Å². The van der Waals surface area contributed by atoms with Gasteiger partial charge in [0.1, 0.15) is 11.6 Å². The fourth-order valence-electron chi connectivity index (χ4n) is 1.31. The predicted octanol–water partition coefficient (Wildman–Crippen LogP) is 2.28. The molecule has 0 fully saturated rings. The van der Waals surface area contributed by atoms with Gasteiger partial charge < -0.3 is 10.2 Å². The summed E-state index contributed by atoms with van der Waals surface area (Å²) in [5, 5.41) is 0. The number of anilines is 1. The molecule has 0 saturated heterocycles. The summed E-state index contributed by atoms with van der Waals surface area (Å²) >= 11 is 0. The van der Waals surface area contributed by atoms with Gasteiger partial charge in [-0.3, -0.25) is 4.98 Å². The van der Waals surface area contributed by atoms with Crippen LogP contribution in [0.5, 0.6) is 11.6 Å². The van der Waals surface area contributed by atoms with Crippen molar-refractivity contribution in [3.63, 3.8) is 0 Å². The minimum Gasteiger partial charge on any atom is -0.437 e. The standard InChI is InChI=1S/C11H10F3N5O/c1-6-2-3-7(5-16-6)20-9-4-8(19-15)17-10(18-9)11(12,13)14/h2-5H,15H2,1H3,(H,17,18,19). The van der Waals surface area contributed by atoms with Crippen molar-refractivity contribution in [1.82, 2.24) is 15.0 Å². The van der Waals surface area contributed by atoms with Crippen molar-refractivity contribution in [1.29, 1.82) is 0 Å². The van der Waals surface area contributed by atoms with Gasteiger partial charge in [-0.1, -0.05) is 0 Å². The third-order valence-corrected chi connectivity index (χ3v) is 2.21. The van der Waals surface area contributed by atoms with Crippen LogP contribution >= 0.6 is 0 Å². The summed E-state index contributed by atoms with van der Waals surface area (Å²) in [6, 6.07) is 4.37. The molecule has 0 radical (unpaired) electrons. The van der Waals surface area contributed by atoms with Crippen LogP contribution < -0.4 is 16.0 Å². The van der Waals surface area contributed by atoms with E-state index in [0.29, 0.717) is 0 Å². The molecule has 0 bridgehead atoms. The van der Waals surface area contributed by atoms with Gasteiger partial charge in [0.2, 0.25) is 11.7 Å². The second-order valence-corrected chi connectivity index (χ2v) is 3.79. The van der Waals surface area contributed by atoms with E-state index in [2.05, 4.69) is 15.0 Å². The first kappa shape index (κ1) is 14.0. The van der Waals surface area contributed by atoms with Crippen LogP contribution in [0.3, 0.4) is 0 Å². The first-order valence-electron chi connectivity index (χ1n) is 5.42. The van der Waals surface area contributed by atoms with E-state index in [1.165, 1.54) is 6.20 Å². The van der Waals surface area contributed by atoms with Gasteiger partial charge in [-0.05, 0) is 19.1 Å². The van der Waals surface area contributed by atoms with Crippen LogP contribution in [0.1, 0.15) is 11.5 Å². The van der Waals surface area contributed by atoms with Crippen LogP contribution in [-0.2, 0) is 6.18 Å². The molecule has 0 atom stereocenters. The molecular formula is C11H10F3N5O. The minimum atomic E-state index is -4.70. The van der Waals surface area contributed by atoms with E-state index in [0.717, 1.165) is 11.8 Å². The zero-order valence-electron chi connectivity index (χ0n) is 10.3. The van der Waals surface area contributed by atoms with Gasteiger partial charge in [-0.2, -0.15) is 18.2 Å². The summed E-state index contributed by atoms with van der Waals surface area (Å²) in [6.07, 6.45) is -3.32. The number of ether oxygens (including phenoxy) is 1. The van der Waals surface area contributed by atoms with E-state index in [4.69, 9.17) is 10.6 Å². The number of nitrogens with two attached hydrogens (primary N) is 1. The third-order valence-electron chi connectivity index (χ3n) is 2.21. The number of aromatic nitrogens is 3. The monoisotopic (exact) mass is 285 g/mol. The number of hydrogen-bond donors (Lipinski definition) is 2. The maximum Gasteiger partial charge on any atom is 0.451 e. The number of nitrogens with one attached hydrogen (secondary N) is 1. The highest BCUT2D eigenvalue weighted by molar-refractivity contribution is 5.39. The van der Waals surface area contributed by atoms with Crippen molar-refractivity contribution in [2.75, 3.05) is 5.43 Å². The summed E-state index contributed by atoms with van der Waals surface area (Å²) in [7, 11) is 0. The van der Waals surface area contributed by atoms with Crippen molar-refractivity contribution >= 4 is 5.82 Å². The molecule has 0 aromatic carbocycles. The summed E-state index contributed by atoms with van der Waals surface area (Å²) in [6.45, 7) is 1.77. The fraction of sp³-hybridized carbons (Fsp3) is 0.182. The molecule has 2 rings (SSSR count). The Kier molecular flexibility index (Phi) is 3.70. The number of pyridine rings is 1. The highest BCUT2D eigenvalue weighted by atomic mass is 19.4. The topological polar surface area (TPSA) is 86.0 Å². The number of nitrogens with zero attached hydrogens (tertiary/aromatic N) is 3. The molecule has 0 saturated carbocycles. The Bertz CT molecular complexity index is 600. The Morgan fingerprint density at radius 3 is 2.55 bits per heavy atom. The van der Waals surface area contributed by atoms with Crippen molar-refractivity contribution in [2.24, 2.45) is 5.84 Å². The van der Waals surface area contributed by atoms with E-state index in [-0.39, 0.29) is 17.4 Å². The number of aryl methyl sites for hydroxylation is 1. The first-order valence-corrected chi connectivity index (χ1v) is 5.42. The molecule has 6 nitrogen and oxygen atoms in total. The summed E-state index contributed by atoms with van der Waals surface area (Å²) in [5.41, 5.74) is 2.78. The highest BCUT2D eigenvalue weighted by Gasteiger charge is 2.35. The normalized spacial score (nSPS) is 11.2. The van der Waals surface area contributed by atoms with Crippen LogP contribution in [0.25, 0.3) is 0 Å². The lowest BCUT2D eigenvalue weighted by Gasteiger charge is -2.10. The van der Waals surface area contributed by atoms with Crippen molar-refractivity contribution in [2.45, 2.75) is 13.1 Å². The average molecular weight is 285 g/mol. The lowest BCUT2D eigenvalue weighted by atomic mass is 10.4. The SMILES string of the molecule is Cc1ccc(Oc2cc(NN)nc(C(F)(F)F)n2)cn1. The Labute approximate surface area is 111 Å². The highest BCUT2D eigenvalue weighted by Crippen LogP contribution is 2.30. The minimum absolute atomic E-state index is 0.206. The number of hydrazine groups is 1. The van der Waals surface area contributed by atoms with Gasteiger partial charge in [0.25, 0.3) is 0 Å². The fourth-order valence-corrected chi connectivity index (χ4v) is 1.31. The van der Waals surface area contributed by atoms with E-state index < -0.39 is 12.0 Å². The maximum atomic E-state index is 12.6. The number of halogens is 3. The van der Waals surface area contributed by atoms with Crippen LogP contribution in [0.15, 0.2) is 24.4 Å². The molecule has 0 amide bonds. The number of alkyl halides is 3. The second-order valence-electron chi connectivity index (χ2n) is 3.79. The van der Waals surface area contributed by atoms with Crippen molar-refractivity contribution in [3.05, 3.63) is 35.9 Å². The molecule has 20 heavy (non-hydrogen) atoms. The van der Waals surface area contributed by atoms with Crippen molar-refractivity contribution in [3.8, 4) is 11.6 Å². The summed E-state index contributed by atoms with van der Waals surface area (Å²) < 4.78 is 43.0. The maximum absolute atomic E-state index is 12.6. The molecule has 2 aromatic rings. The molecule has 0 aliphatic heterocycles. The summed E-state index contributed by atoms with van der Waals surface area (Å²) in [4.78, 5) is 10.5. The zero-order valence-corrected chi connectivity index (χ0v) is 10.3. The molecule has 0 aliphatic rings. The zero-order chi connectivity index (χ0) is 14.8. The van der Waals surface area contributed by atoms with E-state index >= 15 is 0 Å². The van der Waals surface area contributed by atoms with Gasteiger partial charge in [0.05, 0.1) is 6.20 Å². The van der Waals surface area contributed by atoms with Gasteiger partial charge >= 0.3 is 6.18 Å². The lowest BCUT2D eigenvalue weighted by molar-refractivity contribution is -0.145. The lowest BCUT2D eigenvalue weighted by Crippen LogP contribution is -2.16. The molecule has 9 heteroatoms. The predicted molar refractivity (Wildman–Crippen MR) is 63.9 cm³/mol. The smallest absolute Gasteiger partial charge is 0.437 e. The van der Waals surface area contributed by atoms with E-state index in [1.54, 1.807) is 19.1 Å². The number of rotatable bonds is 3. The van der Waals surface area contributed by atoms with Crippen LogP contribution in [-0.4, -0.2) is 15.0 Å². The molecule has 2 aromatic heterocycles. The number of hydrogen-bond acceptors (Lipinski definition) is 6. The van der Waals surface area contributed by atoms with Gasteiger partial charge in [-0.15, -0.1) is 0 Å². The second kappa shape index (κ2) is 5.29. The van der Waals surface area contributed by atoms with Crippen LogP contribution in [0.2, 0.25) is 0 Å². The third kappa shape index (κ3) is 3.32. The average Bonchev–Trinajstić information content (AvgIpc) is 2.40. The Balaban J connectivity index is 2.33.